The summed E-state index contributed by atoms with van der Waals surface area (Å²) in [6, 6.07) is 29.6. The number of amides is 1. The highest BCUT2D eigenvalue weighted by Gasteiger charge is 2.36. The first-order valence-electron chi connectivity index (χ1n) is 10.8. The molecule has 4 aromatic rings. The molecule has 0 saturated carbocycles. The zero-order valence-corrected chi connectivity index (χ0v) is 19.9. The van der Waals surface area contributed by atoms with E-state index in [9.17, 15) is 13.2 Å². The summed E-state index contributed by atoms with van der Waals surface area (Å²) in [4.78, 5) is 18.1. The van der Waals surface area contributed by atoms with Crippen LogP contribution in [0.15, 0.2) is 113 Å². The van der Waals surface area contributed by atoms with Gasteiger partial charge in [0, 0.05) is 16.4 Å². The van der Waals surface area contributed by atoms with Crippen LogP contribution >= 0.6 is 11.6 Å². The molecule has 1 heterocycles. The topological polar surface area (TPSA) is 87.6 Å². The molecule has 0 radical (unpaired) electrons. The number of sulfonamides is 1. The normalized spacial score (nSPS) is 15.4. The van der Waals surface area contributed by atoms with Crippen LogP contribution in [-0.2, 0) is 14.8 Å². The fourth-order valence-electron chi connectivity index (χ4n) is 3.97. The Bertz CT molecular complexity index is 1520. The zero-order valence-electron chi connectivity index (χ0n) is 18.4. The van der Waals surface area contributed by atoms with Gasteiger partial charge in [-0.05, 0) is 65.7 Å². The molecule has 1 aliphatic heterocycles. The second-order valence-electron chi connectivity index (χ2n) is 7.98. The minimum atomic E-state index is -3.78. The summed E-state index contributed by atoms with van der Waals surface area (Å²) in [5, 5.41) is 3.48. The molecule has 0 aliphatic carbocycles. The van der Waals surface area contributed by atoms with Crippen LogP contribution in [0.1, 0.15) is 17.0 Å². The smallest absolute Gasteiger partial charge is 0.261 e. The summed E-state index contributed by atoms with van der Waals surface area (Å²) in [5.41, 5.74) is 3.59. The Morgan fingerprint density at radius 1 is 0.857 bits per heavy atom. The molecule has 0 aromatic heterocycles. The van der Waals surface area contributed by atoms with E-state index in [4.69, 9.17) is 16.6 Å². The maximum atomic E-state index is 13.2. The quantitative estimate of drug-likeness (QED) is 0.318. The highest BCUT2D eigenvalue weighted by Crippen LogP contribution is 2.38. The number of nitrogens with zero attached hydrogens (tertiary/aromatic N) is 1. The number of carbonyl (C=O) groups excluding carboxylic acids is 1. The van der Waals surface area contributed by atoms with E-state index in [0.717, 1.165) is 5.56 Å². The Morgan fingerprint density at radius 3 is 2.20 bits per heavy atom. The lowest BCUT2D eigenvalue weighted by molar-refractivity contribution is -0.115. The number of aliphatic imine (C=N–C) groups is 1. The van der Waals surface area contributed by atoms with Crippen molar-refractivity contribution in [2.45, 2.75) is 10.8 Å². The van der Waals surface area contributed by atoms with E-state index in [1.54, 1.807) is 60.7 Å². The van der Waals surface area contributed by atoms with Crippen molar-refractivity contribution in [3.63, 3.8) is 0 Å². The molecule has 2 N–H and O–H groups in total. The third kappa shape index (κ3) is 4.82. The Kier molecular flexibility index (Phi) is 6.11. The molecule has 6 nitrogen and oxygen atoms in total. The van der Waals surface area contributed by atoms with Gasteiger partial charge in [-0.2, -0.15) is 0 Å². The molecule has 0 fully saturated rings. The largest absolute Gasteiger partial charge is 0.325 e. The van der Waals surface area contributed by atoms with Crippen LogP contribution in [0.3, 0.4) is 0 Å². The SMILES string of the molecule is O=C1Nc2ccc(NS(=O)(=O)c3ccccc3)cc2C1C(=Nc1ccc(Cl)cc1)c1ccccc1. The number of rotatable bonds is 6. The van der Waals surface area contributed by atoms with Gasteiger partial charge in [-0.1, -0.05) is 60.1 Å². The second-order valence-corrected chi connectivity index (χ2v) is 10.1. The van der Waals surface area contributed by atoms with E-state index < -0.39 is 15.9 Å². The third-order valence-electron chi connectivity index (χ3n) is 5.61. The van der Waals surface area contributed by atoms with Gasteiger partial charge in [0.1, 0.15) is 5.92 Å². The molecule has 1 unspecified atom stereocenters. The molecule has 174 valence electrons. The average molecular weight is 502 g/mol. The molecule has 1 atom stereocenters. The van der Waals surface area contributed by atoms with E-state index in [2.05, 4.69) is 10.0 Å². The first kappa shape index (κ1) is 22.8. The van der Waals surface area contributed by atoms with Gasteiger partial charge in [0.15, 0.2) is 0 Å². The standard InChI is InChI=1S/C27H20ClN3O3S/c28-19-11-13-20(14-12-19)29-26(18-7-3-1-4-8-18)25-23-17-21(15-16-24(23)30-27(25)32)31-35(33,34)22-9-5-2-6-10-22/h1-17,25,31H,(H,30,32). The van der Waals surface area contributed by atoms with Crippen molar-refractivity contribution in [3.05, 3.63) is 119 Å². The van der Waals surface area contributed by atoms with Gasteiger partial charge in [-0.15, -0.1) is 0 Å². The number of nitrogens with one attached hydrogen (secondary N) is 2. The molecule has 0 bridgehead atoms. The van der Waals surface area contributed by atoms with E-state index in [-0.39, 0.29) is 10.8 Å². The molecule has 1 aliphatic rings. The molecule has 35 heavy (non-hydrogen) atoms. The first-order chi connectivity index (χ1) is 16.9. The molecular weight excluding hydrogens is 482 g/mol. The highest BCUT2D eigenvalue weighted by atomic mass is 35.5. The lowest BCUT2D eigenvalue weighted by atomic mass is 9.90. The Morgan fingerprint density at radius 2 is 1.51 bits per heavy atom. The summed E-state index contributed by atoms with van der Waals surface area (Å²) in [5.74, 6) is -0.969. The molecule has 4 aromatic carbocycles. The average Bonchev–Trinajstić information content (AvgIpc) is 3.19. The summed E-state index contributed by atoms with van der Waals surface area (Å²) in [7, 11) is -3.78. The fourth-order valence-corrected chi connectivity index (χ4v) is 5.17. The van der Waals surface area contributed by atoms with Crippen LogP contribution < -0.4 is 10.0 Å². The van der Waals surface area contributed by atoms with Crippen LogP contribution in [0.4, 0.5) is 17.1 Å². The van der Waals surface area contributed by atoms with Gasteiger partial charge in [-0.3, -0.25) is 14.5 Å². The Balaban J connectivity index is 1.57. The van der Waals surface area contributed by atoms with E-state index in [1.807, 2.05) is 30.3 Å². The van der Waals surface area contributed by atoms with Crippen molar-refractivity contribution in [1.29, 1.82) is 0 Å². The van der Waals surface area contributed by atoms with Crippen LogP contribution in [-0.4, -0.2) is 20.0 Å². The summed E-state index contributed by atoms with van der Waals surface area (Å²) in [6.45, 7) is 0. The molecule has 0 saturated heterocycles. The van der Waals surface area contributed by atoms with Gasteiger partial charge < -0.3 is 5.32 Å². The van der Waals surface area contributed by atoms with Crippen molar-refractivity contribution < 1.29 is 13.2 Å². The number of benzene rings is 4. The first-order valence-corrected chi connectivity index (χ1v) is 12.7. The Hall–Kier alpha value is -3.94. The number of hydrogen-bond acceptors (Lipinski definition) is 4. The van der Waals surface area contributed by atoms with E-state index in [0.29, 0.717) is 33.4 Å². The zero-order chi connectivity index (χ0) is 24.4. The fraction of sp³-hybridized carbons (Fsp3) is 0.0370. The van der Waals surface area contributed by atoms with Crippen molar-refractivity contribution in [2.24, 2.45) is 4.99 Å². The van der Waals surface area contributed by atoms with Crippen molar-refractivity contribution in [2.75, 3.05) is 10.0 Å². The minimum Gasteiger partial charge on any atom is -0.325 e. The third-order valence-corrected chi connectivity index (χ3v) is 7.26. The van der Waals surface area contributed by atoms with E-state index in [1.165, 1.54) is 12.1 Å². The molecule has 8 heteroatoms. The summed E-state index contributed by atoms with van der Waals surface area (Å²) in [6.07, 6.45) is 0. The summed E-state index contributed by atoms with van der Waals surface area (Å²) >= 11 is 6.03. The molecular formula is C27H20ClN3O3S. The molecule has 1 amide bonds. The number of anilines is 2. The predicted molar refractivity (Wildman–Crippen MR) is 139 cm³/mol. The maximum absolute atomic E-state index is 13.2. The number of carbonyl (C=O) groups is 1. The van der Waals surface area contributed by atoms with Gasteiger partial charge in [0.2, 0.25) is 5.91 Å². The van der Waals surface area contributed by atoms with Crippen LogP contribution in [0, 0.1) is 0 Å². The number of fused-ring (bicyclic) bond motifs is 1. The van der Waals surface area contributed by atoms with Crippen molar-refractivity contribution >= 4 is 50.3 Å². The van der Waals surface area contributed by atoms with Gasteiger partial charge >= 0.3 is 0 Å². The van der Waals surface area contributed by atoms with Crippen LogP contribution in [0.25, 0.3) is 0 Å². The maximum Gasteiger partial charge on any atom is 0.261 e. The lowest BCUT2D eigenvalue weighted by Crippen LogP contribution is -2.22. The minimum absolute atomic E-state index is 0.153. The lowest BCUT2D eigenvalue weighted by Gasteiger charge is -2.15. The number of halogens is 1. The molecule has 5 rings (SSSR count). The van der Waals surface area contributed by atoms with Crippen LogP contribution in [0.5, 0.6) is 0 Å². The van der Waals surface area contributed by atoms with Gasteiger partial charge in [0.05, 0.1) is 16.3 Å². The van der Waals surface area contributed by atoms with Crippen LogP contribution in [0.2, 0.25) is 5.02 Å². The van der Waals surface area contributed by atoms with Crippen molar-refractivity contribution in [1.82, 2.24) is 0 Å². The second kappa shape index (κ2) is 9.37. The Labute approximate surface area is 208 Å². The predicted octanol–water partition coefficient (Wildman–Crippen LogP) is 6.00. The molecule has 0 spiro atoms. The van der Waals surface area contributed by atoms with Crippen molar-refractivity contribution in [3.8, 4) is 0 Å². The van der Waals surface area contributed by atoms with E-state index >= 15 is 0 Å². The van der Waals surface area contributed by atoms with Gasteiger partial charge in [0.25, 0.3) is 10.0 Å². The number of hydrogen-bond donors (Lipinski definition) is 2. The monoisotopic (exact) mass is 501 g/mol. The van der Waals surface area contributed by atoms with Gasteiger partial charge in [-0.25, -0.2) is 8.42 Å². The summed E-state index contributed by atoms with van der Waals surface area (Å²) < 4.78 is 28.3. The highest BCUT2D eigenvalue weighted by molar-refractivity contribution is 7.92.